The quantitative estimate of drug-likeness (QED) is 0.757. The van der Waals surface area contributed by atoms with Gasteiger partial charge in [-0.1, -0.05) is 12.1 Å². The van der Waals surface area contributed by atoms with Gasteiger partial charge in [-0.25, -0.2) is 4.39 Å². The van der Waals surface area contributed by atoms with Crippen molar-refractivity contribution in [2.24, 2.45) is 0 Å². The minimum absolute atomic E-state index is 0.263. The summed E-state index contributed by atoms with van der Waals surface area (Å²) >= 11 is 0. The molecule has 0 aliphatic carbocycles. The second-order valence-corrected chi connectivity index (χ2v) is 5.30. The molecule has 1 N–H and O–H groups in total. The van der Waals surface area contributed by atoms with Crippen molar-refractivity contribution in [3.05, 3.63) is 29.6 Å². The van der Waals surface area contributed by atoms with Crippen LogP contribution >= 0.6 is 0 Å². The first-order valence-corrected chi connectivity index (χ1v) is 7.20. The van der Waals surface area contributed by atoms with E-state index >= 15 is 0 Å². The van der Waals surface area contributed by atoms with Gasteiger partial charge >= 0.3 is 0 Å². The summed E-state index contributed by atoms with van der Waals surface area (Å²) in [5, 5.41) is 3.12. The van der Waals surface area contributed by atoms with Crippen molar-refractivity contribution < 1.29 is 13.3 Å². The fourth-order valence-corrected chi connectivity index (χ4v) is 2.02. The molecule has 0 amide bonds. The zero-order chi connectivity index (χ0) is 12.7. The maximum absolute atomic E-state index is 13.7. The molecule has 0 heterocycles. The number of halogens is 1. The Balaban J connectivity index is 2.39. The standard InChI is InChI=1S/C12H18FNO2S/c1-16-11-6-3-5-10(12(11)13)9-14-7-4-8-17(2)15/h3,5-6,14H,4,7-9H2,1-2H3. The monoisotopic (exact) mass is 259 g/mol. The van der Waals surface area contributed by atoms with E-state index < -0.39 is 10.8 Å². The van der Waals surface area contributed by atoms with E-state index in [1.807, 2.05) is 0 Å². The van der Waals surface area contributed by atoms with E-state index in [2.05, 4.69) is 5.32 Å². The third-order valence-corrected chi connectivity index (χ3v) is 3.23. The molecule has 0 bridgehead atoms. The largest absolute Gasteiger partial charge is 0.494 e. The van der Waals surface area contributed by atoms with E-state index in [9.17, 15) is 8.60 Å². The van der Waals surface area contributed by atoms with Crippen molar-refractivity contribution in [1.82, 2.24) is 5.32 Å². The minimum Gasteiger partial charge on any atom is -0.494 e. The van der Waals surface area contributed by atoms with E-state index in [4.69, 9.17) is 4.74 Å². The fourth-order valence-electron chi connectivity index (χ4n) is 1.47. The molecule has 1 aromatic rings. The Hall–Kier alpha value is -0.940. The minimum atomic E-state index is -0.757. The molecular weight excluding hydrogens is 241 g/mol. The fraction of sp³-hybridized carbons (Fsp3) is 0.500. The van der Waals surface area contributed by atoms with Crippen LogP contribution in [0.4, 0.5) is 4.39 Å². The van der Waals surface area contributed by atoms with Crippen LogP contribution in [-0.4, -0.2) is 29.9 Å². The number of nitrogens with one attached hydrogen (secondary N) is 1. The molecule has 0 saturated heterocycles. The van der Waals surface area contributed by atoms with Crippen LogP contribution in [0, 0.1) is 5.82 Å². The second-order valence-electron chi connectivity index (χ2n) is 3.74. The van der Waals surface area contributed by atoms with Crippen LogP contribution in [0.25, 0.3) is 0 Å². The Morgan fingerprint density at radius 1 is 1.47 bits per heavy atom. The van der Waals surface area contributed by atoms with Crippen LogP contribution < -0.4 is 10.1 Å². The van der Waals surface area contributed by atoms with Gasteiger partial charge in [0, 0.05) is 34.9 Å². The lowest BCUT2D eigenvalue weighted by Gasteiger charge is -2.08. The summed E-state index contributed by atoms with van der Waals surface area (Å²) in [6.07, 6.45) is 2.51. The number of ether oxygens (including phenoxy) is 1. The first kappa shape index (κ1) is 14.1. The van der Waals surface area contributed by atoms with Crippen LogP contribution in [0.2, 0.25) is 0 Å². The number of rotatable bonds is 7. The highest BCUT2D eigenvalue weighted by molar-refractivity contribution is 7.84. The van der Waals surface area contributed by atoms with E-state index in [0.717, 1.165) is 13.0 Å². The van der Waals surface area contributed by atoms with Gasteiger partial charge in [0.25, 0.3) is 0 Å². The van der Waals surface area contributed by atoms with Crippen LogP contribution in [0.3, 0.4) is 0 Å². The van der Waals surface area contributed by atoms with Gasteiger partial charge in [-0.15, -0.1) is 0 Å². The Labute approximate surface area is 104 Å². The maximum atomic E-state index is 13.7. The third-order valence-electron chi connectivity index (χ3n) is 2.36. The molecule has 0 fully saturated rings. The molecule has 17 heavy (non-hydrogen) atoms. The molecule has 5 heteroatoms. The molecule has 96 valence electrons. The molecular formula is C12H18FNO2S. The van der Waals surface area contributed by atoms with Gasteiger partial charge in [0.05, 0.1) is 7.11 Å². The smallest absolute Gasteiger partial charge is 0.169 e. The maximum Gasteiger partial charge on any atom is 0.169 e. The second kappa shape index (κ2) is 7.40. The first-order valence-electron chi connectivity index (χ1n) is 5.47. The third kappa shape index (κ3) is 4.83. The number of hydrogen-bond donors (Lipinski definition) is 1. The Morgan fingerprint density at radius 3 is 2.88 bits per heavy atom. The molecule has 1 aromatic carbocycles. The highest BCUT2D eigenvalue weighted by Gasteiger charge is 2.07. The van der Waals surface area contributed by atoms with Crippen LogP contribution in [0.1, 0.15) is 12.0 Å². The molecule has 1 rings (SSSR count). The molecule has 0 radical (unpaired) electrons. The molecule has 0 spiro atoms. The molecule has 0 aliphatic heterocycles. The molecule has 0 aliphatic rings. The topological polar surface area (TPSA) is 38.3 Å². The van der Waals surface area contributed by atoms with Gasteiger partial charge in [-0.2, -0.15) is 0 Å². The molecule has 1 atom stereocenters. The van der Waals surface area contributed by atoms with E-state index in [1.54, 1.807) is 24.5 Å². The summed E-state index contributed by atoms with van der Waals surface area (Å²) in [6.45, 7) is 1.19. The van der Waals surface area contributed by atoms with Crippen molar-refractivity contribution in [1.29, 1.82) is 0 Å². The Bertz CT molecular complexity index is 385. The normalized spacial score (nSPS) is 12.4. The summed E-state index contributed by atoms with van der Waals surface area (Å²) in [7, 11) is 0.693. The molecule has 3 nitrogen and oxygen atoms in total. The van der Waals surface area contributed by atoms with Crippen molar-refractivity contribution in [2.45, 2.75) is 13.0 Å². The lowest BCUT2D eigenvalue weighted by atomic mass is 10.2. The Kier molecular flexibility index (Phi) is 6.15. The van der Waals surface area contributed by atoms with Gasteiger partial charge in [-0.3, -0.25) is 4.21 Å². The van der Waals surface area contributed by atoms with E-state index in [0.29, 0.717) is 17.9 Å². The summed E-state index contributed by atoms with van der Waals surface area (Å²) in [5.74, 6) is 0.619. The molecule has 0 aromatic heterocycles. The zero-order valence-electron chi connectivity index (χ0n) is 10.2. The zero-order valence-corrected chi connectivity index (χ0v) is 11.0. The lowest BCUT2D eigenvalue weighted by molar-refractivity contribution is 0.383. The van der Waals surface area contributed by atoms with Crippen molar-refractivity contribution in [3.63, 3.8) is 0 Å². The van der Waals surface area contributed by atoms with E-state index in [-0.39, 0.29) is 11.6 Å². The van der Waals surface area contributed by atoms with Gasteiger partial charge in [0.15, 0.2) is 11.6 Å². The van der Waals surface area contributed by atoms with Gasteiger partial charge in [0.2, 0.25) is 0 Å². The summed E-state index contributed by atoms with van der Waals surface area (Å²) in [5.41, 5.74) is 0.585. The molecule has 1 unspecified atom stereocenters. The van der Waals surface area contributed by atoms with Crippen LogP contribution in [0.5, 0.6) is 5.75 Å². The predicted molar refractivity (Wildman–Crippen MR) is 68.2 cm³/mol. The first-order chi connectivity index (χ1) is 8.15. The van der Waals surface area contributed by atoms with Crippen molar-refractivity contribution in [2.75, 3.05) is 25.7 Å². The summed E-state index contributed by atoms with van der Waals surface area (Å²) in [4.78, 5) is 0. The number of methoxy groups -OCH3 is 1. The summed E-state index contributed by atoms with van der Waals surface area (Å²) in [6, 6.07) is 5.09. The average molecular weight is 259 g/mol. The van der Waals surface area contributed by atoms with Crippen LogP contribution in [-0.2, 0) is 17.3 Å². The number of hydrogen-bond acceptors (Lipinski definition) is 3. The lowest BCUT2D eigenvalue weighted by Crippen LogP contribution is -2.17. The van der Waals surface area contributed by atoms with Gasteiger partial charge in [0.1, 0.15) is 0 Å². The Morgan fingerprint density at radius 2 is 2.24 bits per heavy atom. The number of benzene rings is 1. The van der Waals surface area contributed by atoms with Gasteiger partial charge in [-0.05, 0) is 19.0 Å². The van der Waals surface area contributed by atoms with Crippen LogP contribution in [0.15, 0.2) is 18.2 Å². The van der Waals surface area contributed by atoms with Crippen molar-refractivity contribution >= 4 is 10.8 Å². The molecule has 0 saturated carbocycles. The summed E-state index contributed by atoms with van der Waals surface area (Å²) < 4.78 is 29.4. The predicted octanol–water partition coefficient (Wildman–Crippen LogP) is 1.69. The highest BCUT2D eigenvalue weighted by Crippen LogP contribution is 2.19. The van der Waals surface area contributed by atoms with Gasteiger partial charge < -0.3 is 10.1 Å². The van der Waals surface area contributed by atoms with E-state index in [1.165, 1.54) is 7.11 Å². The van der Waals surface area contributed by atoms with Crippen molar-refractivity contribution in [3.8, 4) is 5.75 Å². The SMILES string of the molecule is COc1cccc(CNCCCS(C)=O)c1F. The highest BCUT2D eigenvalue weighted by atomic mass is 32.2. The average Bonchev–Trinajstić information content (AvgIpc) is 2.30.